The lowest BCUT2D eigenvalue weighted by Gasteiger charge is -2.29. The molecule has 3 heteroatoms. The number of halogens is 1. The lowest BCUT2D eigenvalue weighted by molar-refractivity contribution is -0.129. The quantitative estimate of drug-likeness (QED) is 0.680. The van der Waals surface area contributed by atoms with Crippen LogP contribution in [0.3, 0.4) is 0 Å². The SMILES string of the molecule is Clc1c(C2(c3ccccc3)OCCO2)ccc2ccccc12. The molecule has 1 heterocycles. The fraction of sp³-hybridized carbons (Fsp3) is 0.158. The molecule has 1 aliphatic heterocycles. The van der Waals surface area contributed by atoms with Crippen LogP contribution in [0.25, 0.3) is 10.8 Å². The minimum absolute atomic E-state index is 0.554. The van der Waals surface area contributed by atoms with Crippen LogP contribution in [0.15, 0.2) is 66.7 Å². The molecule has 3 aromatic carbocycles. The molecule has 0 aliphatic carbocycles. The number of fused-ring (bicyclic) bond motifs is 1. The van der Waals surface area contributed by atoms with Crippen molar-refractivity contribution in [2.45, 2.75) is 5.79 Å². The molecule has 0 N–H and O–H groups in total. The Kier molecular flexibility index (Phi) is 3.38. The summed E-state index contributed by atoms with van der Waals surface area (Å²) in [6.07, 6.45) is 0. The first-order valence-corrected chi connectivity index (χ1v) is 7.70. The van der Waals surface area contributed by atoms with Crippen LogP contribution in [0.5, 0.6) is 0 Å². The maximum absolute atomic E-state index is 6.70. The van der Waals surface area contributed by atoms with E-state index in [2.05, 4.69) is 12.1 Å². The van der Waals surface area contributed by atoms with E-state index < -0.39 is 5.79 Å². The average molecular weight is 311 g/mol. The van der Waals surface area contributed by atoms with Crippen LogP contribution in [0.2, 0.25) is 5.02 Å². The second-order valence-electron chi connectivity index (χ2n) is 5.33. The van der Waals surface area contributed by atoms with Gasteiger partial charge in [0.25, 0.3) is 0 Å². The van der Waals surface area contributed by atoms with E-state index in [0.29, 0.717) is 18.2 Å². The van der Waals surface area contributed by atoms with Crippen LogP contribution in [-0.2, 0) is 15.3 Å². The van der Waals surface area contributed by atoms with E-state index in [4.69, 9.17) is 21.1 Å². The topological polar surface area (TPSA) is 18.5 Å². The van der Waals surface area contributed by atoms with E-state index in [1.165, 1.54) is 0 Å². The van der Waals surface area contributed by atoms with Crippen molar-refractivity contribution in [1.82, 2.24) is 0 Å². The van der Waals surface area contributed by atoms with Crippen LogP contribution in [0, 0.1) is 0 Å². The third-order valence-corrected chi connectivity index (χ3v) is 4.47. The third kappa shape index (κ3) is 2.03. The van der Waals surface area contributed by atoms with Crippen molar-refractivity contribution in [3.63, 3.8) is 0 Å². The Balaban J connectivity index is 1.97. The maximum atomic E-state index is 6.70. The summed E-state index contributed by atoms with van der Waals surface area (Å²) in [6, 6.07) is 22.1. The summed E-state index contributed by atoms with van der Waals surface area (Å²) in [4.78, 5) is 0. The van der Waals surface area contributed by atoms with E-state index >= 15 is 0 Å². The summed E-state index contributed by atoms with van der Waals surface area (Å²) in [5, 5.41) is 2.80. The number of rotatable bonds is 2. The van der Waals surface area contributed by atoms with Gasteiger partial charge in [-0.05, 0) is 5.39 Å². The Morgan fingerprint density at radius 3 is 2.23 bits per heavy atom. The standard InChI is InChI=1S/C19H15ClO2/c20-18-16-9-5-4-6-14(16)10-11-17(18)19(21-12-13-22-19)15-7-2-1-3-8-15/h1-11H,12-13H2. The second-order valence-corrected chi connectivity index (χ2v) is 5.71. The van der Waals surface area contributed by atoms with Crippen LogP contribution < -0.4 is 0 Å². The molecule has 2 nitrogen and oxygen atoms in total. The zero-order valence-electron chi connectivity index (χ0n) is 12.0. The van der Waals surface area contributed by atoms with Crippen LogP contribution in [0.4, 0.5) is 0 Å². The highest BCUT2D eigenvalue weighted by Crippen LogP contribution is 2.43. The van der Waals surface area contributed by atoms with Gasteiger partial charge in [-0.15, -0.1) is 0 Å². The van der Waals surface area contributed by atoms with Crippen molar-refractivity contribution in [2.24, 2.45) is 0 Å². The van der Waals surface area contributed by atoms with E-state index in [1.54, 1.807) is 0 Å². The summed E-state index contributed by atoms with van der Waals surface area (Å²) in [6.45, 7) is 1.11. The van der Waals surface area contributed by atoms with Crippen molar-refractivity contribution < 1.29 is 9.47 Å². The van der Waals surface area contributed by atoms with Gasteiger partial charge in [-0.25, -0.2) is 0 Å². The predicted molar refractivity (Wildman–Crippen MR) is 88.1 cm³/mol. The highest BCUT2D eigenvalue weighted by molar-refractivity contribution is 6.36. The van der Waals surface area contributed by atoms with E-state index in [0.717, 1.165) is 21.9 Å². The largest absolute Gasteiger partial charge is 0.340 e. The normalized spacial score (nSPS) is 17.0. The average Bonchev–Trinajstić information content (AvgIpc) is 3.07. The summed E-state index contributed by atoms with van der Waals surface area (Å²) in [5.41, 5.74) is 1.82. The lowest BCUT2D eigenvalue weighted by atomic mass is 9.95. The van der Waals surface area contributed by atoms with Gasteiger partial charge in [0.05, 0.1) is 18.2 Å². The first kappa shape index (κ1) is 13.8. The minimum Gasteiger partial charge on any atom is -0.340 e. The molecule has 1 aliphatic rings. The zero-order valence-corrected chi connectivity index (χ0v) is 12.7. The molecule has 0 unspecified atom stereocenters. The molecule has 0 atom stereocenters. The maximum Gasteiger partial charge on any atom is 0.223 e. The van der Waals surface area contributed by atoms with E-state index in [9.17, 15) is 0 Å². The molecule has 0 radical (unpaired) electrons. The molecular formula is C19H15ClO2. The monoisotopic (exact) mass is 310 g/mol. The number of hydrogen-bond acceptors (Lipinski definition) is 2. The fourth-order valence-corrected chi connectivity index (χ4v) is 3.39. The first-order valence-electron chi connectivity index (χ1n) is 7.32. The smallest absolute Gasteiger partial charge is 0.223 e. The summed E-state index contributed by atoms with van der Waals surface area (Å²) in [5.74, 6) is -0.914. The highest BCUT2D eigenvalue weighted by atomic mass is 35.5. The van der Waals surface area contributed by atoms with E-state index in [1.807, 2.05) is 54.6 Å². The van der Waals surface area contributed by atoms with Crippen molar-refractivity contribution in [2.75, 3.05) is 13.2 Å². The van der Waals surface area contributed by atoms with Gasteiger partial charge < -0.3 is 9.47 Å². The molecule has 0 saturated carbocycles. The molecule has 3 aromatic rings. The van der Waals surface area contributed by atoms with Crippen LogP contribution in [0.1, 0.15) is 11.1 Å². The lowest BCUT2D eigenvalue weighted by Crippen LogP contribution is -2.29. The second kappa shape index (κ2) is 5.40. The van der Waals surface area contributed by atoms with Gasteiger partial charge in [0.15, 0.2) is 0 Å². The van der Waals surface area contributed by atoms with Gasteiger partial charge in [0, 0.05) is 16.5 Å². The van der Waals surface area contributed by atoms with Gasteiger partial charge in [-0.1, -0.05) is 78.3 Å². The molecule has 1 fully saturated rings. The van der Waals surface area contributed by atoms with Gasteiger partial charge in [0.1, 0.15) is 0 Å². The van der Waals surface area contributed by atoms with Crippen LogP contribution in [-0.4, -0.2) is 13.2 Å². The number of ether oxygens (including phenoxy) is 2. The third-order valence-electron chi connectivity index (χ3n) is 4.07. The fourth-order valence-electron chi connectivity index (χ4n) is 3.04. The summed E-state index contributed by atoms with van der Waals surface area (Å²) in [7, 11) is 0. The molecule has 22 heavy (non-hydrogen) atoms. The Labute approximate surface area is 134 Å². The van der Waals surface area contributed by atoms with E-state index in [-0.39, 0.29) is 0 Å². The molecule has 0 aromatic heterocycles. The summed E-state index contributed by atoms with van der Waals surface area (Å²) < 4.78 is 12.1. The van der Waals surface area contributed by atoms with Gasteiger partial charge >= 0.3 is 0 Å². The molecule has 0 amide bonds. The van der Waals surface area contributed by atoms with Gasteiger partial charge in [0.2, 0.25) is 5.79 Å². The molecule has 0 bridgehead atoms. The predicted octanol–water partition coefficient (Wildman–Crippen LogP) is 4.74. The highest BCUT2D eigenvalue weighted by Gasteiger charge is 2.42. The molecule has 1 saturated heterocycles. The van der Waals surface area contributed by atoms with Gasteiger partial charge in [-0.3, -0.25) is 0 Å². The number of benzene rings is 3. The Bertz CT molecular complexity index is 808. The van der Waals surface area contributed by atoms with Crippen molar-refractivity contribution in [3.8, 4) is 0 Å². The molecular weight excluding hydrogens is 296 g/mol. The van der Waals surface area contributed by atoms with Crippen LogP contribution >= 0.6 is 11.6 Å². The zero-order chi connectivity index (χ0) is 15.0. The Morgan fingerprint density at radius 2 is 1.45 bits per heavy atom. The first-order chi connectivity index (χ1) is 10.8. The minimum atomic E-state index is -0.914. The molecule has 110 valence electrons. The van der Waals surface area contributed by atoms with Crippen molar-refractivity contribution >= 4 is 22.4 Å². The molecule has 0 spiro atoms. The molecule has 4 rings (SSSR count). The Morgan fingerprint density at radius 1 is 0.773 bits per heavy atom. The van der Waals surface area contributed by atoms with Crippen molar-refractivity contribution in [3.05, 3.63) is 82.9 Å². The van der Waals surface area contributed by atoms with Crippen molar-refractivity contribution in [1.29, 1.82) is 0 Å². The van der Waals surface area contributed by atoms with Gasteiger partial charge in [-0.2, -0.15) is 0 Å². The Hall–Kier alpha value is -1.87. The number of hydrogen-bond donors (Lipinski definition) is 0. The summed E-state index contributed by atoms with van der Waals surface area (Å²) >= 11 is 6.70.